The second-order valence-electron chi connectivity index (χ2n) is 7.55. The van der Waals surface area contributed by atoms with Gasteiger partial charge < -0.3 is 20.5 Å². The van der Waals surface area contributed by atoms with Crippen LogP contribution in [-0.2, 0) is 13.0 Å². The fourth-order valence-electron chi connectivity index (χ4n) is 3.63. The van der Waals surface area contributed by atoms with Crippen LogP contribution in [0.5, 0.6) is 0 Å². The summed E-state index contributed by atoms with van der Waals surface area (Å²) in [6.07, 6.45) is 2.67. The molecular formula is C25H33FIN5O. The van der Waals surface area contributed by atoms with Gasteiger partial charge in [-0.15, -0.1) is 24.0 Å². The van der Waals surface area contributed by atoms with Crippen LogP contribution in [0, 0.1) is 5.82 Å². The highest BCUT2D eigenvalue weighted by Gasteiger charge is 2.12. The number of hydrogen-bond acceptors (Lipinski definition) is 2. The fraction of sp³-hybridized carbons (Fsp3) is 0.360. The molecule has 178 valence electrons. The number of hydrogen-bond donors (Lipinski definition) is 3. The van der Waals surface area contributed by atoms with Crippen molar-refractivity contribution in [2.75, 3.05) is 26.2 Å². The minimum absolute atomic E-state index is 0. The number of carbonyl (C=O) groups is 1. The zero-order chi connectivity index (χ0) is 22.9. The maximum Gasteiger partial charge on any atom is 0.253 e. The van der Waals surface area contributed by atoms with Gasteiger partial charge in [-0.2, -0.15) is 0 Å². The third kappa shape index (κ3) is 7.18. The molecular weight excluding hydrogens is 532 g/mol. The van der Waals surface area contributed by atoms with Crippen molar-refractivity contribution in [2.24, 2.45) is 4.99 Å². The molecule has 1 aromatic heterocycles. The maximum atomic E-state index is 13.6. The lowest BCUT2D eigenvalue weighted by Crippen LogP contribution is -2.38. The van der Waals surface area contributed by atoms with E-state index in [-0.39, 0.29) is 35.7 Å². The van der Waals surface area contributed by atoms with Gasteiger partial charge in [0.1, 0.15) is 5.82 Å². The van der Waals surface area contributed by atoms with E-state index in [1.165, 1.54) is 6.07 Å². The zero-order valence-electron chi connectivity index (χ0n) is 19.5. The lowest BCUT2D eigenvalue weighted by Gasteiger charge is -2.18. The quantitative estimate of drug-likeness (QED) is 0.200. The average Bonchev–Trinajstić information content (AvgIpc) is 3.20. The van der Waals surface area contributed by atoms with E-state index in [1.54, 1.807) is 12.1 Å². The van der Waals surface area contributed by atoms with E-state index < -0.39 is 0 Å². The van der Waals surface area contributed by atoms with Crippen molar-refractivity contribution < 1.29 is 9.18 Å². The van der Waals surface area contributed by atoms with Gasteiger partial charge in [-0.1, -0.05) is 12.1 Å². The van der Waals surface area contributed by atoms with Gasteiger partial charge in [0.05, 0.1) is 6.54 Å². The van der Waals surface area contributed by atoms with Crippen LogP contribution >= 0.6 is 24.0 Å². The topological polar surface area (TPSA) is 72.5 Å². The van der Waals surface area contributed by atoms with E-state index >= 15 is 0 Å². The minimum atomic E-state index is -0.231. The molecule has 6 nitrogen and oxygen atoms in total. The van der Waals surface area contributed by atoms with Crippen LogP contribution in [0.2, 0.25) is 0 Å². The lowest BCUT2D eigenvalue weighted by molar-refractivity contribution is 0.0773. The number of aromatic nitrogens is 1. The molecule has 33 heavy (non-hydrogen) atoms. The molecule has 0 spiro atoms. The summed E-state index contributed by atoms with van der Waals surface area (Å²) in [4.78, 5) is 22.1. The summed E-state index contributed by atoms with van der Waals surface area (Å²) in [6, 6.07) is 12.4. The van der Waals surface area contributed by atoms with E-state index in [9.17, 15) is 9.18 Å². The molecule has 3 aromatic rings. The summed E-state index contributed by atoms with van der Waals surface area (Å²) in [5.74, 6) is 0.546. The highest BCUT2D eigenvalue weighted by Crippen LogP contribution is 2.19. The van der Waals surface area contributed by atoms with Crippen molar-refractivity contribution in [3.8, 4) is 0 Å². The van der Waals surface area contributed by atoms with Crippen LogP contribution < -0.4 is 10.6 Å². The molecule has 2 aromatic carbocycles. The number of carbonyl (C=O) groups excluding carboxylic acids is 1. The summed E-state index contributed by atoms with van der Waals surface area (Å²) in [5.41, 5.74) is 3.73. The summed E-state index contributed by atoms with van der Waals surface area (Å²) in [6.45, 7) is 9.32. The normalized spacial score (nSPS) is 11.2. The number of fused-ring (bicyclic) bond motifs is 1. The third-order valence-corrected chi connectivity index (χ3v) is 5.43. The van der Waals surface area contributed by atoms with Crippen LogP contribution in [0.4, 0.5) is 4.39 Å². The smallest absolute Gasteiger partial charge is 0.253 e. The Hall–Kier alpha value is -2.62. The Balaban J connectivity index is 0.00000385. The molecule has 0 aliphatic rings. The monoisotopic (exact) mass is 565 g/mol. The van der Waals surface area contributed by atoms with E-state index in [1.807, 2.05) is 56.1 Å². The summed E-state index contributed by atoms with van der Waals surface area (Å²) in [7, 11) is 0. The van der Waals surface area contributed by atoms with Gasteiger partial charge in [-0.05, 0) is 68.7 Å². The average molecular weight is 565 g/mol. The predicted octanol–water partition coefficient (Wildman–Crippen LogP) is 4.70. The molecule has 3 N–H and O–H groups in total. The van der Waals surface area contributed by atoms with E-state index in [0.29, 0.717) is 31.7 Å². The van der Waals surface area contributed by atoms with Crippen LogP contribution in [0.25, 0.3) is 10.9 Å². The fourth-order valence-corrected chi connectivity index (χ4v) is 3.63. The van der Waals surface area contributed by atoms with Crippen molar-refractivity contribution in [1.82, 2.24) is 20.5 Å². The molecule has 1 heterocycles. The molecule has 0 unspecified atom stereocenters. The Morgan fingerprint density at radius 2 is 1.79 bits per heavy atom. The van der Waals surface area contributed by atoms with Crippen LogP contribution in [0.3, 0.4) is 0 Å². The number of aromatic amines is 1. The Morgan fingerprint density at radius 1 is 1.06 bits per heavy atom. The highest BCUT2D eigenvalue weighted by molar-refractivity contribution is 14.0. The second-order valence-corrected chi connectivity index (χ2v) is 7.55. The van der Waals surface area contributed by atoms with Gasteiger partial charge in [0, 0.05) is 48.8 Å². The van der Waals surface area contributed by atoms with Crippen molar-refractivity contribution in [3.63, 3.8) is 0 Å². The van der Waals surface area contributed by atoms with Gasteiger partial charge in [0.25, 0.3) is 5.91 Å². The molecule has 1 amide bonds. The number of nitrogens with zero attached hydrogens (tertiary/aromatic N) is 2. The molecule has 0 saturated heterocycles. The van der Waals surface area contributed by atoms with Crippen molar-refractivity contribution >= 4 is 46.7 Å². The van der Waals surface area contributed by atoms with Gasteiger partial charge in [-0.3, -0.25) is 4.79 Å². The maximum absolute atomic E-state index is 13.6. The summed E-state index contributed by atoms with van der Waals surface area (Å²) >= 11 is 0. The van der Waals surface area contributed by atoms with E-state index in [2.05, 4.69) is 20.6 Å². The number of amides is 1. The van der Waals surface area contributed by atoms with Crippen LogP contribution in [0.1, 0.15) is 42.3 Å². The Kier molecular flexibility index (Phi) is 10.6. The largest absolute Gasteiger partial charge is 0.361 e. The minimum Gasteiger partial charge on any atom is -0.361 e. The standard InChI is InChI=1S/C25H32FN5O.HI/c1-4-27-25(28-14-13-20-17-29-23-12-11-21(26)15-22(20)23)30-16-18-7-9-19(10-8-18)24(32)31(5-2)6-3;/h7-12,15,17,29H,4-6,13-14,16H2,1-3H3,(H2,27,28,30);1H. The van der Waals surface area contributed by atoms with E-state index in [4.69, 9.17) is 0 Å². The zero-order valence-corrected chi connectivity index (χ0v) is 21.8. The van der Waals surface area contributed by atoms with Gasteiger partial charge >= 0.3 is 0 Å². The van der Waals surface area contributed by atoms with Crippen molar-refractivity contribution in [3.05, 3.63) is 71.2 Å². The Morgan fingerprint density at radius 3 is 2.45 bits per heavy atom. The first-order chi connectivity index (χ1) is 15.5. The molecule has 0 bridgehead atoms. The predicted molar refractivity (Wildman–Crippen MR) is 144 cm³/mol. The Labute approximate surface area is 212 Å². The van der Waals surface area contributed by atoms with Crippen LogP contribution in [-0.4, -0.2) is 47.9 Å². The van der Waals surface area contributed by atoms with E-state index in [0.717, 1.165) is 41.0 Å². The van der Waals surface area contributed by atoms with Gasteiger partial charge in [0.2, 0.25) is 0 Å². The van der Waals surface area contributed by atoms with Crippen LogP contribution in [0.15, 0.2) is 53.7 Å². The molecule has 0 fully saturated rings. The second kappa shape index (κ2) is 13.2. The molecule has 0 saturated carbocycles. The third-order valence-electron chi connectivity index (χ3n) is 5.43. The first-order valence-electron chi connectivity index (χ1n) is 11.2. The molecule has 8 heteroatoms. The molecule has 3 rings (SSSR count). The lowest BCUT2D eigenvalue weighted by atomic mass is 10.1. The number of nitrogens with one attached hydrogen (secondary N) is 3. The number of aliphatic imine (C=N–C) groups is 1. The number of rotatable bonds is 9. The molecule has 0 atom stereocenters. The summed E-state index contributed by atoms with van der Waals surface area (Å²) < 4.78 is 13.6. The number of benzene rings is 2. The Bertz CT molecular complexity index is 1060. The first kappa shape index (κ1) is 26.6. The van der Waals surface area contributed by atoms with Crippen molar-refractivity contribution in [1.29, 1.82) is 0 Å². The summed E-state index contributed by atoms with van der Waals surface area (Å²) in [5, 5.41) is 7.50. The molecule has 0 aliphatic heterocycles. The van der Waals surface area contributed by atoms with Gasteiger partial charge in [-0.25, -0.2) is 9.38 Å². The number of H-pyrrole nitrogens is 1. The highest BCUT2D eigenvalue weighted by atomic mass is 127. The van der Waals surface area contributed by atoms with Crippen molar-refractivity contribution in [2.45, 2.75) is 33.7 Å². The SMILES string of the molecule is CCNC(=NCc1ccc(C(=O)N(CC)CC)cc1)NCCc1c[nH]c2ccc(F)cc12.I. The van der Waals surface area contributed by atoms with Gasteiger partial charge in [0.15, 0.2) is 5.96 Å². The first-order valence-corrected chi connectivity index (χ1v) is 11.2. The molecule has 0 radical (unpaired) electrons. The molecule has 0 aliphatic carbocycles. The number of guanidine groups is 1. The number of halogens is 2.